The van der Waals surface area contributed by atoms with Gasteiger partial charge in [-0.25, -0.2) is 9.97 Å². The second-order valence-electron chi connectivity index (χ2n) is 18.4. The Morgan fingerprint density at radius 3 is 1.50 bits per heavy atom. The van der Waals surface area contributed by atoms with Gasteiger partial charge < -0.3 is 49.4 Å². The SMILES string of the molecule is C[C@H](CC(=O)OC(C)(C)C)c1ccc(O[C@@H]2CCN(c3ncnc(OCC(C)(C)O)c3F)C2)cc1.C[C@H](N)c1ccc(O[C@@H]2CCN(c3ncnc(OCC(C)(C)O)c3F)C2)cc1.Cl. The molecule has 0 radical (unpaired) electrons. The third kappa shape index (κ3) is 15.9. The van der Waals surface area contributed by atoms with E-state index in [-0.39, 0.29) is 79.2 Å². The number of carbonyl (C=O) groups is 1. The molecule has 4 heterocycles. The zero-order chi connectivity index (χ0) is 46.1. The van der Waals surface area contributed by atoms with Gasteiger partial charge in [0.2, 0.25) is 11.6 Å². The maximum Gasteiger partial charge on any atom is 0.306 e. The number of rotatable bonds is 16. The fourth-order valence-electron chi connectivity index (χ4n) is 6.72. The molecule has 4 aromatic rings. The van der Waals surface area contributed by atoms with E-state index in [1.54, 1.807) is 32.6 Å². The zero-order valence-electron chi connectivity index (χ0n) is 38.2. The first-order valence-electron chi connectivity index (χ1n) is 21.3. The van der Waals surface area contributed by atoms with Crippen LogP contribution >= 0.6 is 12.4 Å². The van der Waals surface area contributed by atoms with Gasteiger partial charge in [0, 0.05) is 32.0 Å². The Morgan fingerprint density at radius 2 is 1.12 bits per heavy atom. The van der Waals surface area contributed by atoms with Gasteiger partial charge in [0.05, 0.1) is 30.7 Å². The highest BCUT2D eigenvalue weighted by Crippen LogP contribution is 2.31. The van der Waals surface area contributed by atoms with E-state index in [4.69, 9.17) is 29.4 Å². The molecule has 0 unspecified atom stereocenters. The number of benzene rings is 2. The quantitative estimate of drug-likeness (QED) is 0.0964. The predicted molar refractivity (Wildman–Crippen MR) is 242 cm³/mol. The molecule has 0 aliphatic carbocycles. The first-order chi connectivity index (χ1) is 29.5. The van der Waals surface area contributed by atoms with Crippen molar-refractivity contribution in [3.63, 3.8) is 0 Å². The highest BCUT2D eigenvalue weighted by atomic mass is 35.5. The van der Waals surface area contributed by atoms with Crippen molar-refractivity contribution in [3.05, 3.63) is 83.9 Å². The molecule has 4 N–H and O–H groups in total. The Bertz CT molecular complexity index is 2100. The standard InChI is InChI=1S/C26H36FN3O5.C20H27FN4O3.ClH/c1-17(13-21(31)35-25(2,3)4)18-7-9-19(10-8-18)34-20-11-12-30(14-20)23-22(27)24(29-16-28-23)33-15-26(5,6)32;1-13(22)14-4-6-15(7-5-14)28-16-8-9-25(10-16)18-17(21)19(24-12-23-18)27-11-20(2,3)26;/h7-10,16-17,20,32H,11-15H2,1-6H3;4-7,12-13,16,26H,8-11,22H2,1-3H3;1H/t17-,20-;13-,16+;/m10./s1. The normalized spacial score (nSPS) is 17.4. The zero-order valence-corrected chi connectivity index (χ0v) is 39.0. The van der Waals surface area contributed by atoms with Crippen LogP contribution in [0, 0.1) is 11.6 Å². The van der Waals surface area contributed by atoms with Crippen molar-refractivity contribution >= 4 is 30.0 Å². The Kier molecular flexibility index (Phi) is 17.9. The Labute approximate surface area is 381 Å². The number of nitrogens with two attached hydrogens (primary N) is 1. The molecule has 64 heavy (non-hydrogen) atoms. The van der Waals surface area contributed by atoms with Crippen LogP contribution in [0.1, 0.15) is 105 Å². The molecule has 6 rings (SSSR count). The van der Waals surface area contributed by atoms with Crippen molar-refractivity contribution in [1.82, 2.24) is 19.9 Å². The summed E-state index contributed by atoms with van der Waals surface area (Å²) in [6, 6.07) is 15.3. The van der Waals surface area contributed by atoms with Crippen LogP contribution in [0.5, 0.6) is 23.3 Å². The monoisotopic (exact) mass is 915 g/mol. The van der Waals surface area contributed by atoms with Crippen LogP contribution < -0.4 is 34.5 Å². The van der Waals surface area contributed by atoms with Crippen molar-refractivity contribution in [1.29, 1.82) is 0 Å². The minimum absolute atomic E-state index is 0. The van der Waals surface area contributed by atoms with Crippen LogP contribution in [0.4, 0.5) is 20.4 Å². The number of nitrogens with zero attached hydrogens (tertiary/aromatic N) is 6. The number of aromatic nitrogens is 4. The highest BCUT2D eigenvalue weighted by molar-refractivity contribution is 5.85. The third-order valence-electron chi connectivity index (χ3n) is 9.84. The molecule has 2 aromatic heterocycles. The van der Waals surface area contributed by atoms with Gasteiger partial charge in [-0.15, -0.1) is 12.4 Å². The minimum Gasteiger partial charge on any atom is -0.489 e. The van der Waals surface area contributed by atoms with Gasteiger partial charge in [-0.05, 0) is 96.7 Å². The second kappa shape index (κ2) is 22.2. The summed E-state index contributed by atoms with van der Waals surface area (Å²) in [5, 5.41) is 19.6. The molecule has 2 fully saturated rings. The molecule has 352 valence electrons. The fourth-order valence-corrected chi connectivity index (χ4v) is 6.72. The average Bonchev–Trinajstić information content (AvgIpc) is 3.86. The van der Waals surface area contributed by atoms with Crippen molar-refractivity contribution in [3.8, 4) is 23.3 Å². The van der Waals surface area contributed by atoms with Gasteiger partial charge in [0.15, 0.2) is 11.6 Å². The minimum atomic E-state index is -1.10. The summed E-state index contributed by atoms with van der Waals surface area (Å²) in [4.78, 5) is 31.6. The molecule has 18 heteroatoms. The summed E-state index contributed by atoms with van der Waals surface area (Å²) in [6.45, 7) is 17.8. The van der Waals surface area contributed by atoms with E-state index in [1.165, 1.54) is 12.7 Å². The maximum absolute atomic E-state index is 14.9. The largest absolute Gasteiger partial charge is 0.489 e. The number of aliphatic hydroxyl groups is 2. The Balaban J connectivity index is 0.000000283. The van der Waals surface area contributed by atoms with Crippen LogP contribution in [-0.2, 0) is 9.53 Å². The summed E-state index contributed by atoms with van der Waals surface area (Å²) in [6.07, 6.45) is 4.08. The lowest BCUT2D eigenvalue weighted by molar-refractivity contribution is -0.155. The number of carbonyl (C=O) groups excluding carboxylic acids is 1. The summed E-state index contributed by atoms with van der Waals surface area (Å²) < 4.78 is 57.8. The number of hydrogen-bond acceptors (Lipinski definition) is 15. The van der Waals surface area contributed by atoms with Crippen LogP contribution in [0.2, 0.25) is 0 Å². The molecule has 2 aromatic carbocycles. The fraction of sp³-hybridized carbons (Fsp3) is 0.543. The lowest BCUT2D eigenvalue weighted by Gasteiger charge is -2.21. The lowest BCUT2D eigenvalue weighted by atomic mass is 9.98. The van der Waals surface area contributed by atoms with E-state index in [2.05, 4.69) is 19.9 Å². The van der Waals surface area contributed by atoms with E-state index < -0.39 is 28.4 Å². The topological polar surface area (TPSA) is 188 Å². The first kappa shape index (κ1) is 51.5. The Hall–Kier alpha value is -5.10. The van der Waals surface area contributed by atoms with Crippen LogP contribution in [0.25, 0.3) is 0 Å². The summed E-state index contributed by atoms with van der Waals surface area (Å²) in [5.74, 6) is -0.0234. The number of ether oxygens (including phenoxy) is 5. The summed E-state index contributed by atoms with van der Waals surface area (Å²) in [5.41, 5.74) is 5.25. The smallest absolute Gasteiger partial charge is 0.306 e. The number of esters is 1. The predicted octanol–water partition coefficient (Wildman–Crippen LogP) is 7.12. The van der Waals surface area contributed by atoms with Gasteiger partial charge >= 0.3 is 5.97 Å². The van der Waals surface area contributed by atoms with Gasteiger partial charge in [-0.3, -0.25) is 4.79 Å². The molecule has 2 saturated heterocycles. The summed E-state index contributed by atoms with van der Waals surface area (Å²) in [7, 11) is 0. The molecular weight excluding hydrogens is 852 g/mol. The van der Waals surface area contributed by atoms with Crippen LogP contribution in [0.3, 0.4) is 0 Å². The first-order valence-corrected chi connectivity index (χ1v) is 21.3. The number of hydrogen-bond donors (Lipinski definition) is 3. The average molecular weight is 917 g/mol. The molecular formula is C46H64ClF2N7O8. The summed E-state index contributed by atoms with van der Waals surface area (Å²) >= 11 is 0. The van der Waals surface area contributed by atoms with Gasteiger partial charge in [0.1, 0.15) is 55.2 Å². The van der Waals surface area contributed by atoms with E-state index in [9.17, 15) is 23.8 Å². The molecule has 2 aliphatic rings. The molecule has 0 amide bonds. The number of anilines is 2. The van der Waals surface area contributed by atoms with Gasteiger partial charge in [-0.2, -0.15) is 18.7 Å². The third-order valence-corrected chi connectivity index (χ3v) is 9.84. The maximum atomic E-state index is 14.9. The van der Waals surface area contributed by atoms with E-state index in [0.717, 1.165) is 23.3 Å². The molecule has 2 aliphatic heterocycles. The van der Waals surface area contributed by atoms with Crippen molar-refractivity contribution < 1.29 is 47.5 Å². The van der Waals surface area contributed by atoms with Crippen molar-refractivity contribution in [2.24, 2.45) is 5.73 Å². The van der Waals surface area contributed by atoms with Crippen molar-refractivity contribution in [2.45, 2.75) is 123 Å². The van der Waals surface area contributed by atoms with Gasteiger partial charge in [0.25, 0.3) is 11.8 Å². The molecule has 0 spiro atoms. The van der Waals surface area contributed by atoms with Crippen molar-refractivity contribution in [2.75, 3.05) is 49.2 Å². The Morgan fingerprint density at radius 1 is 0.719 bits per heavy atom. The van der Waals surface area contributed by atoms with Crippen LogP contribution in [-0.4, -0.2) is 105 Å². The highest BCUT2D eigenvalue weighted by Gasteiger charge is 2.31. The molecule has 0 bridgehead atoms. The molecule has 15 nitrogen and oxygen atoms in total. The van der Waals surface area contributed by atoms with E-state index >= 15 is 0 Å². The van der Waals surface area contributed by atoms with E-state index in [1.807, 2.05) is 88.0 Å². The van der Waals surface area contributed by atoms with Crippen LogP contribution in [0.15, 0.2) is 61.2 Å². The lowest BCUT2D eigenvalue weighted by Crippen LogP contribution is -2.29. The second-order valence-corrected chi connectivity index (χ2v) is 18.4. The van der Waals surface area contributed by atoms with E-state index in [0.29, 0.717) is 44.8 Å². The van der Waals surface area contributed by atoms with Gasteiger partial charge in [-0.1, -0.05) is 31.2 Å². The molecule has 4 atom stereocenters. The molecule has 0 saturated carbocycles. The number of halogens is 3.